The molecule has 0 bridgehead atoms. The molecular formula is C9H7ClN4O. The van der Waals surface area contributed by atoms with Crippen LogP contribution >= 0.6 is 11.6 Å². The lowest BCUT2D eigenvalue weighted by atomic mass is 10.5. The summed E-state index contributed by atoms with van der Waals surface area (Å²) in [5, 5.41) is 2.91. The number of halogens is 1. The standard InChI is InChI=1S/C9H7ClN4O/c10-7-2-1-3-8(12-7)13-9(15)14-5-4-11-6-14/h1-6H,(H,12,13,15). The number of pyridine rings is 1. The highest BCUT2D eigenvalue weighted by Crippen LogP contribution is 2.09. The van der Waals surface area contributed by atoms with Gasteiger partial charge in [-0.15, -0.1) is 0 Å². The molecule has 6 heteroatoms. The van der Waals surface area contributed by atoms with Gasteiger partial charge in [-0.25, -0.2) is 14.8 Å². The van der Waals surface area contributed by atoms with Crippen LogP contribution < -0.4 is 5.32 Å². The van der Waals surface area contributed by atoms with Crippen molar-refractivity contribution < 1.29 is 4.79 Å². The number of carbonyl (C=O) groups excluding carboxylic acids is 1. The first-order valence-electron chi connectivity index (χ1n) is 4.17. The summed E-state index contributed by atoms with van der Waals surface area (Å²) in [7, 11) is 0. The predicted octanol–water partition coefficient (Wildman–Crippen LogP) is 2.01. The number of aromatic nitrogens is 3. The van der Waals surface area contributed by atoms with Gasteiger partial charge in [0.1, 0.15) is 17.3 Å². The number of amides is 1. The van der Waals surface area contributed by atoms with Crippen LogP contribution in [0, 0.1) is 0 Å². The van der Waals surface area contributed by atoms with Gasteiger partial charge >= 0.3 is 6.03 Å². The van der Waals surface area contributed by atoms with Gasteiger partial charge in [0.25, 0.3) is 0 Å². The highest BCUT2D eigenvalue weighted by atomic mass is 35.5. The van der Waals surface area contributed by atoms with Crippen LogP contribution in [0.5, 0.6) is 0 Å². The normalized spacial score (nSPS) is 9.93. The smallest absolute Gasteiger partial charge is 0.292 e. The maximum atomic E-state index is 11.5. The van der Waals surface area contributed by atoms with Crippen molar-refractivity contribution in [1.29, 1.82) is 0 Å². The van der Waals surface area contributed by atoms with Crippen LogP contribution in [-0.2, 0) is 0 Å². The molecule has 0 atom stereocenters. The van der Waals surface area contributed by atoms with Crippen molar-refractivity contribution in [3.05, 3.63) is 42.1 Å². The molecule has 15 heavy (non-hydrogen) atoms. The summed E-state index contributed by atoms with van der Waals surface area (Å²) in [5.41, 5.74) is 0. The average Bonchev–Trinajstić information content (AvgIpc) is 2.70. The number of nitrogens with zero attached hydrogens (tertiary/aromatic N) is 3. The van der Waals surface area contributed by atoms with Crippen LogP contribution in [0.25, 0.3) is 0 Å². The van der Waals surface area contributed by atoms with Crippen LogP contribution in [0.15, 0.2) is 36.9 Å². The van der Waals surface area contributed by atoms with Crippen molar-refractivity contribution in [3.63, 3.8) is 0 Å². The summed E-state index contributed by atoms with van der Waals surface area (Å²) < 4.78 is 1.31. The molecule has 0 aliphatic carbocycles. The van der Waals surface area contributed by atoms with E-state index in [1.807, 2.05) is 0 Å². The molecule has 2 rings (SSSR count). The van der Waals surface area contributed by atoms with Crippen LogP contribution in [0.2, 0.25) is 5.15 Å². The molecule has 0 fully saturated rings. The lowest BCUT2D eigenvalue weighted by Crippen LogP contribution is -2.18. The van der Waals surface area contributed by atoms with Crippen LogP contribution in [-0.4, -0.2) is 20.6 Å². The molecule has 2 heterocycles. The van der Waals surface area contributed by atoms with E-state index in [1.165, 1.54) is 17.1 Å². The second kappa shape index (κ2) is 4.10. The van der Waals surface area contributed by atoms with E-state index in [0.29, 0.717) is 11.0 Å². The highest BCUT2D eigenvalue weighted by molar-refractivity contribution is 6.29. The largest absolute Gasteiger partial charge is 0.332 e. The molecule has 0 aromatic carbocycles. The third kappa shape index (κ3) is 2.32. The van der Waals surface area contributed by atoms with E-state index in [1.54, 1.807) is 24.4 Å². The Morgan fingerprint density at radius 2 is 2.33 bits per heavy atom. The van der Waals surface area contributed by atoms with Gasteiger partial charge < -0.3 is 0 Å². The zero-order chi connectivity index (χ0) is 10.7. The van der Waals surface area contributed by atoms with Gasteiger partial charge in [-0.1, -0.05) is 17.7 Å². The first kappa shape index (κ1) is 9.67. The zero-order valence-corrected chi connectivity index (χ0v) is 8.35. The van der Waals surface area contributed by atoms with Gasteiger partial charge in [0.05, 0.1) is 0 Å². The predicted molar refractivity (Wildman–Crippen MR) is 55.9 cm³/mol. The minimum Gasteiger partial charge on any atom is -0.292 e. The summed E-state index contributed by atoms with van der Waals surface area (Å²) in [4.78, 5) is 19.2. The number of imidazole rings is 1. The van der Waals surface area contributed by atoms with Gasteiger partial charge in [-0.3, -0.25) is 9.88 Å². The van der Waals surface area contributed by atoms with Gasteiger partial charge in [0, 0.05) is 12.4 Å². The lowest BCUT2D eigenvalue weighted by molar-refractivity contribution is 0.253. The number of carbonyl (C=O) groups is 1. The maximum absolute atomic E-state index is 11.5. The molecule has 5 nitrogen and oxygen atoms in total. The van der Waals surface area contributed by atoms with E-state index >= 15 is 0 Å². The Morgan fingerprint density at radius 1 is 1.47 bits per heavy atom. The van der Waals surface area contributed by atoms with Gasteiger partial charge in [0.2, 0.25) is 0 Å². The SMILES string of the molecule is O=C(Nc1cccc(Cl)n1)n1ccnc1. The fraction of sp³-hybridized carbons (Fsp3) is 0. The number of hydrogen-bond donors (Lipinski definition) is 1. The highest BCUT2D eigenvalue weighted by Gasteiger charge is 2.04. The monoisotopic (exact) mass is 222 g/mol. The Labute approximate surface area is 90.7 Å². The molecule has 0 saturated heterocycles. The second-order valence-corrected chi connectivity index (χ2v) is 3.13. The molecule has 1 amide bonds. The Kier molecular flexibility index (Phi) is 2.64. The second-order valence-electron chi connectivity index (χ2n) is 2.75. The van der Waals surface area contributed by atoms with Crippen LogP contribution in [0.1, 0.15) is 0 Å². The molecule has 0 aliphatic heterocycles. The van der Waals surface area contributed by atoms with Crippen LogP contribution in [0.4, 0.5) is 10.6 Å². The maximum Gasteiger partial charge on any atom is 0.332 e. The van der Waals surface area contributed by atoms with Gasteiger partial charge in [0.15, 0.2) is 0 Å². The third-order valence-electron chi connectivity index (χ3n) is 1.69. The Bertz CT molecular complexity index is 469. The van der Waals surface area contributed by atoms with Crippen molar-refractivity contribution in [2.45, 2.75) is 0 Å². The molecule has 0 unspecified atom stereocenters. The fourth-order valence-corrected chi connectivity index (χ4v) is 1.20. The topological polar surface area (TPSA) is 59.8 Å². The van der Waals surface area contributed by atoms with Crippen LogP contribution in [0.3, 0.4) is 0 Å². The Hall–Kier alpha value is -1.88. The van der Waals surface area contributed by atoms with E-state index in [4.69, 9.17) is 11.6 Å². The minimum atomic E-state index is -0.331. The molecule has 0 radical (unpaired) electrons. The van der Waals surface area contributed by atoms with Gasteiger partial charge in [-0.2, -0.15) is 0 Å². The summed E-state index contributed by atoms with van der Waals surface area (Å²) in [6.07, 6.45) is 4.46. The van der Waals surface area contributed by atoms with E-state index in [-0.39, 0.29) is 6.03 Å². The van der Waals surface area contributed by atoms with E-state index in [0.717, 1.165) is 0 Å². The Balaban J connectivity index is 2.13. The summed E-state index contributed by atoms with van der Waals surface area (Å²) in [6.45, 7) is 0. The summed E-state index contributed by atoms with van der Waals surface area (Å²) in [6, 6.07) is 4.66. The molecule has 1 N–H and O–H groups in total. The third-order valence-corrected chi connectivity index (χ3v) is 1.90. The van der Waals surface area contributed by atoms with Crippen molar-refractivity contribution in [3.8, 4) is 0 Å². The van der Waals surface area contributed by atoms with Crippen molar-refractivity contribution >= 4 is 23.4 Å². The zero-order valence-electron chi connectivity index (χ0n) is 7.59. The summed E-state index contributed by atoms with van der Waals surface area (Å²) in [5.74, 6) is 0.404. The number of hydrogen-bond acceptors (Lipinski definition) is 3. The molecule has 0 saturated carbocycles. The van der Waals surface area contributed by atoms with E-state index < -0.39 is 0 Å². The average molecular weight is 223 g/mol. The minimum absolute atomic E-state index is 0.331. The number of anilines is 1. The first-order valence-corrected chi connectivity index (χ1v) is 4.55. The fourth-order valence-electron chi connectivity index (χ4n) is 1.03. The van der Waals surface area contributed by atoms with Crippen molar-refractivity contribution in [2.24, 2.45) is 0 Å². The molecule has 0 aliphatic rings. The molecule has 0 spiro atoms. The van der Waals surface area contributed by atoms with Crippen molar-refractivity contribution in [2.75, 3.05) is 5.32 Å². The Morgan fingerprint density at radius 3 is 3.00 bits per heavy atom. The van der Waals surface area contributed by atoms with E-state index in [2.05, 4.69) is 15.3 Å². The van der Waals surface area contributed by atoms with Gasteiger partial charge in [-0.05, 0) is 12.1 Å². The number of rotatable bonds is 1. The van der Waals surface area contributed by atoms with E-state index in [9.17, 15) is 4.79 Å². The first-order chi connectivity index (χ1) is 7.25. The van der Waals surface area contributed by atoms with Crippen molar-refractivity contribution in [1.82, 2.24) is 14.5 Å². The summed E-state index contributed by atoms with van der Waals surface area (Å²) >= 11 is 5.67. The number of nitrogens with one attached hydrogen (secondary N) is 1. The molecule has 2 aromatic rings. The molecular weight excluding hydrogens is 216 g/mol. The molecule has 2 aromatic heterocycles. The quantitative estimate of drug-likeness (QED) is 0.751. The lowest BCUT2D eigenvalue weighted by Gasteiger charge is -2.03. The molecule has 76 valence electrons.